The van der Waals surface area contributed by atoms with Gasteiger partial charge >= 0.3 is 0 Å². The van der Waals surface area contributed by atoms with Crippen molar-refractivity contribution in [3.63, 3.8) is 0 Å². The van der Waals surface area contributed by atoms with Gasteiger partial charge in [0, 0.05) is 75.3 Å². The minimum Gasteiger partial charge on any atom is -0.336 e. The summed E-state index contributed by atoms with van der Waals surface area (Å²) in [7, 11) is -1.25. The molecule has 5 heterocycles. The average Bonchev–Trinajstić information content (AvgIpc) is 3.43. The quantitative estimate of drug-likeness (QED) is 0.444. The Balaban J connectivity index is 1.29. The first kappa shape index (κ1) is 25.7. The third-order valence-corrected chi connectivity index (χ3v) is 9.10. The van der Waals surface area contributed by atoms with Crippen LogP contribution in [-0.4, -0.2) is 87.3 Å². The number of rotatable bonds is 5. The van der Waals surface area contributed by atoms with Gasteiger partial charge in [0.15, 0.2) is 0 Å². The lowest BCUT2D eigenvalue weighted by Crippen LogP contribution is -2.51. The van der Waals surface area contributed by atoms with E-state index in [1.54, 1.807) is 6.07 Å². The third-order valence-electron chi connectivity index (χ3n) is 7.80. The van der Waals surface area contributed by atoms with Crippen molar-refractivity contribution in [2.45, 2.75) is 32.4 Å². The van der Waals surface area contributed by atoms with Crippen LogP contribution in [0.1, 0.15) is 40.7 Å². The molecule has 3 aliphatic rings. The van der Waals surface area contributed by atoms with Crippen molar-refractivity contribution >= 4 is 38.8 Å². The molecule has 0 bridgehead atoms. The molecule has 6 rings (SSSR count). The first-order chi connectivity index (χ1) is 18.6. The first-order valence-corrected chi connectivity index (χ1v) is 14.9. The van der Waals surface area contributed by atoms with Crippen LogP contribution in [0.2, 0.25) is 0 Å². The largest absolute Gasteiger partial charge is 0.336 e. The van der Waals surface area contributed by atoms with Gasteiger partial charge in [-0.15, -0.1) is 0 Å². The van der Waals surface area contributed by atoms with Crippen LogP contribution < -0.4 is 0 Å². The van der Waals surface area contributed by atoms with E-state index in [0.29, 0.717) is 44.7 Å². The Kier molecular flexibility index (Phi) is 6.28. The van der Waals surface area contributed by atoms with Crippen LogP contribution >= 0.6 is 0 Å². The number of hydrogen-bond donors (Lipinski definition) is 0. The summed E-state index contributed by atoms with van der Waals surface area (Å²) in [5.41, 5.74) is 4.75. The van der Waals surface area contributed by atoms with Gasteiger partial charge in [0.05, 0.1) is 18.5 Å². The number of carbonyl (C=O) groups is 3. The number of fused-ring (bicyclic) bond motifs is 2. The fraction of sp³-hybridized carbons (Fsp3) is 0.407. The molecular formula is C27H30N6O5S. The average molecular weight is 551 g/mol. The maximum Gasteiger partial charge on any atom is 0.273 e. The van der Waals surface area contributed by atoms with Crippen LogP contribution in [0.4, 0.5) is 0 Å². The van der Waals surface area contributed by atoms with E-state index in [-0.39, 0.29) is 37.1 Å². The molecule has 0 N–H and O–H groups in total. The minimum absolute atomic E-state index is 0.156. The van der Waals surface area contributed by atoms with E-state index in [1.165, 1.54) is 15.6 Å². The fourth-order valence-corrected chi connectivity index (χ4v) is 6.50. The van der Waals surface area contributed by atoms with Gasteiger partial charge in [-0.05, 0) is 41.8 Å². The van der Waals surface area contributed by atoms with Crippen molar-refractivity contribution in [3.8, 4) is 11.3 Å². The Morgan fingerprint density at radius 1 is 0.949 bits per heavy atom. The molecule has 12 heteroatoms. The minimum atomic E-state index is -3.20. The molecule has 2 fully saturated rings. The molecule has 0 radical (unpaired) electrons. The predicted octanol–water partition coefficient (Wildman–Crippen LogP) is 1.73. The second-order valence-corrected chi connectivity index (χ2v) is 12.4. The van der Waals surface area contributed by atoms with E-state index in [0.717, 1.165) is 38.4 Å². The highest BCUT2D eigenvalue weighted by Gasteiger charge is 2.39. The molecule has 0 atom stereocenters. The number of benzene rings is 1. The van der Waals surface area contributed by atoms with E-state index >= 15 is 0 Å². The Bertz CT molecular complexity index is 1610. The molecular weight excluding hydrogens is 520 g/mol. The van der Waals surface area contributed by atoms with Crippen LogP contribution in [-0.2, 0) is 39.7 Å². The van der Waals surface area contributed by atoms with Crippen molar-refractivity contribution in [2.75, 3.05) is 32.4 Å². The van der Waals surface area contributed by atoms with E-state index in [2.05, 4.69) is 11.0 Å². The molecule has 11 nitrogen and oxygen atoms in total. The predicted molar refractivity (Wildman–Crippen MR) is 143 cm³/mol. The Morgan fingerprint density at radius 2 is 1.67 bits per heavy atom. The maximum absolute atomic E-state index is 13.1. The molecule has 0 saturated carbocycles. The van der Waals surface area contributed by atoms with Gasteiger partial charge in [-0.1, -0.05) is 6.07 Å². The number of aromatic nitrogens is 2. The van der Waals surface area contributed by atoms with Crippen LogP contribution in [0.25, 0.3) is 22.3 Å². The van der Waals surface area contributed by atoms with Crippen LogP contribution in [0.15, 0.2) is 36.5 Å². The smallest absolute Gasteiger partial charge is 0.273 e. The lowest BCUT2D eigenvalue weighted by molar-refractivity contribution is -0.163. The molecule has 39 heavy (non-hydrogen) atoms. The molecule has 2 aromatic heterocycles. The number of nitrogens with zero attached hydrogens (tertiary/aromatic N) is 6. The van der Waals surface area contributed by atoms with Crippen molar-refractivity contribution in [1.29, 1.82) is 0 Å². The number of imide groups is 1. The molecule has 2 saturated heterocycles. The summed E-state index contributed by atoms with van der Waals surface area (Å²) in [6.07, 6.45) is 4.24. The summed E-state index contributed by atoms with van der Waals surface area (Å²) in [6.45, 7) is 3.03. The number of amides is 3. The molecule has 3 aromatic rings. The van der Waals surface area contributed by atoms with Crippen molar-refractivity contribution in [2.24, 2.45) is 7.05 Å². The molecule has 0 unspecified atom stereocenters. The number of pyridine rings is 1. The number of hydrogen-bond acceptors (Lipinski definition) is 7. The number of aryl methyl sites for hydroxylation is 1. The normalized spacial score (nSPS) is 19.4. The number of piperidine rings is 1. The van der Waals surface area contributed by atoms with Crippen LogP contribution in [0.5, 0.6) is 0 Å². The summed E-state index contributed by atoms with van der Waals surface area (Å²) < 4.78 is 27.3. The van der Waals surface area contributed by atoms with E-state index in [9.17, 15) is 22.8 Å². The topological polar surface area (TPSA) is 116 Å². The third kappa shape index (κ3) is 4.62. The zero-order valence-electron chi connectivity index (χ0n) is 22.0. The second-order valence-electron chi connectivity index (χ2n) is 10.5. The Labute approximate surface area is 226 Å². The van der Waals surface area contributed by atoms with Crippen molar-refractivity contribution in [3.05, 3.63) is 53.2 Å². The molecule has 3 aliphatic heterocycles. The maximum atomic E-state index is 13.1. The van der Waals surface area contributed by atoms with Gasteiger partial charge in [-0.25, -0.2) is 18.4 Å². The zero-order chi connectivity index (χ0) is 27.5. The molecule has 204 valence electrons. The van der Waals surface area contributed by atoms with E-state index in [4.69, 9.17) is 4.98 Å². The van der Waals surface area contributed by atoms with Crippen LogP contribution in [0.3, 0.4) is 0 Å². The second kappa shape index (κ2) is 9.54. The van der Waals surface area contributed by atoms with Crippen molar-refractivity contribution < 1.29 is 22.8 Å². The van der Waals surface area contributed by atoms with Gasteiger partial charge in [-0.3, -0.25) is 19.3 Å². The number of piperazine rings is 1. The van der Waals surface area contributed by atoms with Crippen LogP contribution in [0, 0.1) is 0 Å². The Morgan fingerprint density at radius 3 is 2.36 bits per heavy atom. The van der Waals surface area contributed by atoms with Gasteiger partial charge in [0.2, 0.25) is 21.8 Å². The molecule has 0 spiro atoms. The first-order valence-electron chi connectivity index (χ1n) is 13.0. The van der Waals surface area contributed by atoms with Gasteiger partial charge in [0.1, 0.15) is 5.65 Å². The monoisotopic (exact) mass is 550 g/mol. The summed E-state index contributed by atoms with van der Waals surface area (Å²) in [5, 5.41) is 3.31. The van der Waals surface area contributed by atoms with Gasteiger partial charge in [-0.2, -0.15) is 9.31 Å². The molecule has 0 aliphatic carbocycles. The highest BCUT2D eigenvalue weighted by atomic mass is 32.2. The molecule has 3 amide bonds. The number of hydrazine groups is 1. The van der Waals surface area contributed by atoms with E-state index < -0.39 is 10.0 Å². The summed E-state index contributed by atoms with van der Waals surface area (Å²) in [6, 6.07) is 9.61. The van der Waals surface area contributed by atoms with E-state index in [1.807, 2.05) is 36.0 Å². The van der Waals surface area contributed by atoms with Gasteiger partial charge in [0.25, 0.3) is 5.91 Å². The fourth-order valence-electron chi connectivity index (χ4n) is 5.68. The van der Waals surface area contributed by atoms with Crippen molar-refractivity contribution in [1.82, 2.24) is 28.8 Å². The lowest BCUT2D eigenvalue weighted by atomic mass is 10.0. The number of carbonyl (C=O) groups excluding carboxylic acids is 3. The zero-order valence-corrected chi connectivity index (χ0v) is 22.8. The SMILES string of the molecule is Cn1ccc2c(CN3CCN(S(C)(=O)=O)CC3)cc(-c3ccc4c(c3)CN(N3C(=O)CCCC3=O)C4=O)nc21. The summed E-state index contributed by atoms with van der Waals surface area (Å²) in [5.74, 6) is -1.03. The van der Waals surface area contributed by atoms with Gasteiger partial charge < -0.3 is 4.57 Å². The number of sulfonamides is 1. The lowest BCUT2D eigenvalue weighted by Gasteiger charge is -2.33. The molecule has 1 aromatic carbocycles. The summed E-state index contributed by atoms with van der Waals surface area (Å²) in [4.78, 5) is 45.1. The standard InChI is InChI=1S/C27H30N6O5S/c1-29-9-8-21-20(16-30-10-12-31(13-11-30)39(2,37)38)15-23(28-26(21)29)18-6-7-22-19(14-18)17-32(27(22)36)33-24(34)4-3-5-25(33)35/h6-9,14-15H,3-5,10-13,16-17H2,1-2H3. The highest BCUT2D eigenvalue weighted by Crippen LogP contribution is 2.32. The Hall–Kier alpha value is -3.61. The summed E-state index contributed by atoms with van der Waals surface area (Å²) >= 11 is 0. The highest BCUT2D eigenvalue weighted by molar-refractivity contribution is 7.88.